The molecular formula is C10H17NO2. The molecule has 74 valence electrons. The third-order valence-electron chi connectivity index (χ3n) is 2.93. The molecule has 0 saturated heterocycles. The van der Waals surface area contributed by atoms with E-state index < -0.39 is 0 Å². The molecule has 0 aromatic carbocycles. The van der Waals surface area contributed by atoms with Crippen LogP contribution in [0, 0.1) is 11.8 Å². The first-order valence-corrected chi connectivity index (χ1v) is 4.97. The standard InChI is InChI=1S/C10H17NO2/c1-2-9(12)7-3-5-8(6-4-7)10(11)13/h7-8H,2-6H2,1H3,(H2,11,13). The summed E-state index contributed by atoms with van der Waals surface area (Å²) >= 11 is 0. The fraction of sp³-hybridized carbons (Fsp3) is 0.800. The maximum atomic E-state index is 11.3. The van der Waals surface area contributed by atoms with Gasteiger partial charge in [-0.15, -0.1) is 0 Å². The maximum Gasteiger partial charge on any atom is 0.220 e. The summed E-state index contributed by atoms with van der Waals surface area (Å²) < 4.78 is 0. The first-order chi connectivity index (χ1) is 6.15. The number of primary amides is 1. The quantitative estimate of drug-likeness (QED) is 0.716. The molecule has 1 aliphatic rings. The lowest BCUT2D eigenvalue weighted by molar-refractivity contribution is -0.127. The number of nitrogens with two attached hydrogens (primary N) is 1. The average molecular weight is 183 g/mol. The fourth-order valence-electron chi connectivity index (χ4n) is 1.99. The van der Waals surface area contributed by atoms with Crippen LogP contribution < -0.4 is 5.73 Å². The Labute approximate surface area is 78.7 Å². The monoisotopic (exact) mass is 183 g/mol. The molecule has 0 unspecified atom stereocenters. The minimum absolute atomic E-state index is 0.0147. The van der Waals surface area contributed by atoms with E-state index in [0.717, 1.165) is 25.7 Å². The summed E-state index contributed by atoms with van der Waals surface area (Å²) in [6.45, 7) is 1.89. The van der Waals surface area contributed by atoms with Gasteiger partial charge in [-0.1, -0.05) is 6.92 Å². The zero-order valence-corrected chi connectivity index (χ0v) is 8.08. The van der Waals surface area contributed by atoms with E-state index in [2.05, 4.69) is 0 Å². The van der Waals surface area contributed by atoms with Gasteiger partial charge >= 0.3 is 0 Å². The van der Waals surface area contributed by atoms with Crippen LogP contribution >= 0.6 is 0 Å². The number of rotatable bonds is 3. The molecule has 0 aromatic heterocycles. The highest BCUT2D eigenvalue weighted by atomic mass is 16.1. The van der Waals surface area contributed by atoms with Gasteiger partial charge in [0.05, 0.1) is 0 Å². The topological polar surface area (TPSA) is 60.2 Å². The van der Waals surface area contributed by atoms with Crippen LogP contribution in [0.15, 0.2) is 0 Å². The van der Waals surface area contributed by atoms with Gasteiger partial charge in [-0.2, -0.15) is 0 Å². The molecule has 1 saturated carbocycles. The Balaban J connectivity index is 2.39. The van der Waals surface area contributed by atoms with Crippen molar-refractivity contribution in [2.24, 2.45) is 17.6 Å². The third-order valence-corrected chi connectivity index (χ3v) is 2.93. The summed E-state index contributed by atoms with van der Waals surface area (Å²) in [6.07, 6.45) is 3.91. The van der Waals surface area contributed by atoms with E-state index in [0.29, 0.717) is 12.2 Å². The normalized spacial score (nSPS) is 28.4. The largest absolute Gasteiger partial charge is 0.369 e. The molecule has 0 heterocycles. The molecule has 0 aliphatic heterocycles. The predicted molar refractivity (Wildman–Crippen MR) is 49.9 cm³/mol. The highest BCUT2D eigenvalue weighted by Crippen LogP contribution is 2.29. The van der Waals surface area contributed by atoms with Crippen molar-refractivity contribution in [3.05, 3.63) is 0 Å². The summed E-state index contributed by atoms with van der Waals surface area (Å²) in [5, 5.41) is 0. The van der Waals surface area contributed by atoms with E-state index in [1.807, 2.05) is 6.92 Å². The molecule has 3 heteroatoms. The van der Waals surface area contributed by atoms with Gasteiger partial charge in [0.25, 0.3) is 0 Å². The molecule has 0 spiro atoms. The van der Waals surface area contributed by atoms with Crippen LogP contribution in [0.2, 0.25) is 0 Å². The Morgan fingerprint density at radius 1 is 1.15 bits per heavy atom. The Hall–Kier alpha value is -0.860. The first-order valence-electron chi connectivity index (χ1n) is 4.97. The molecular weight excluding hydrogens is 166 g/mol. The van der Waals surface area contributed by atoms with Crippen LogP contribution in [0.25, 0.3) is 0 Å². The second-order valence-electron chi connectivity index (χ2n) is 3.77. The van der Waals surface area contributed by atoms with Crippen molar-refractivity contribution >= 4 is 11.7 Å². The Bertz CT molecular complexity index is 205. The maximum absolute atomic E-state index is 11.3. The van der Waals surface area contributed by atoms with E-state index in [1.54, 1.807) is 0 Å². The lowest BCUT2D eigenvalue weighted by atomic mass is 9.79. The Morgan fingerprint density at radius 3 is 2.00 bits per heavy atom. The molecule has 0 aromatic rings. The molecule has 0 radical (unpaired) electrons. The zero-order chi connectivity index (χ0) is 9.84. The minimum Gasteiger partial charge on any atom is -0.369 e. The number of Topliss-reactive ketones (excluding diaryl/α,β-unsaturated/α-hetero) is 1. The average Bonchev–Trinajstić information content (AvgIpc) is 2.17. The minimum atomic E-state index is -0.206. The van der Waals surface area contributed by atoms with Gasteiger partial charge in [-0.05, 0) is 25.7 Å². The predicted octanol–water partition coefficient (Wildman–Crippen LogP) is 1.26. The van der Waals surface area contributed by atoms with E-state index in [4.69, 9.17) is 5.73 Å². The van der Waals surface area contributed by atoms with Crippen molar-refractivity contribution in [3.8, 4) is 0 Å². The molecule has 0 atom stereocenters. The van der Waals surface area contributed by atoms with Gasteiger partial charge in [0, 0.05) is 18.3 Å². The SMILES string of the molecule is CCC(=O)C1CCC(C(N)=O)CC1. The van der Waals surface area contributed by atoms with Crippen molar-refractivity contribution < 1.29 is 9.59 Å². The summed E-state index contributed by atoms with van der Waals surface area (Å²) in [6, 6.07) is 0. The van der Waals surface area contributed by atoms with Crippen LogP contribution in [0.3, 0.4) is 0 Å². The van der Waals surface area contributed by atoms with E-state index in [1.165, 1.54) is 0 Å². The van der Waals surface area contributed by atoms with Crippen LogP contribution in [0.5, 0.6) is 0 Å². The zero-order valence-electron chi connectivity index (χ0n) is 8.08. The lowest BCUT2D eigenvalue weighted by Crippen LogP contribution is -2.29. The van der Waals surface area contributed by atoms with E-state index >= 15 is 0 Å². The van der Waals surface area contributed by atoms with Crippen molar-refractivity contribution in [3.63, 3.8) is 0 Å². The fourth-order valence-corrected chi connectivity index (χ4v) is 1.99. The summed E-state index contributed by atoms with van der Waals surface area (Å²) in [5.41, 5.74) is 5.20. The molecule has 13 heavy (non-hydrogen) atoms. The van der Waals surface area contributed by atoms with Crippen LogP contribution in [-0.4, -0.2) is 11.7 Å². The van der Waals surface area contributed by atoms with E-state index in [-0.39, 0.29) is 17.7 Å². The second-order valence-corrected chi connectivity index (χ2v) is 3.77. The smallest absolute Gasteiger partial charge is 0.220 e. The van der Waals surface area contributed by atoms with Crippen LogP contribution in [0.4, 0.5) is 0 Å². The van der Waals surface area contributed by atoms with Crippen molar-refractivity contribution in [1.29, 1.82) is 0 Å². The highest BCUT2D eigenvalue weighted by Gasteiger charge is 2.27. The summed E-state index contributed by atoms with van der Waals surface area (Å²) in [4.78, 5) is 22.2. The molecule has 1 rings (SSSR count). The lowest BCUT2D eigenvalue weighted by Gasteiger charge is -2.25. The highest BCUT2D eigenvalue weighted by molar-refractivity contribution is 5.81. The third kappa shape index (κ3) is 2.54. The van der Waals surface area contributed by atoms with Crippen LogP contribution in [-0.2, 0) is 9.59 Å². The number of carbonyl (C=O) groups is 2. The van der Waals surface area contributed by atoms with E-state index in [9.17, 15) is 9.59 Å². The summed E-state index contributed by atoms with van der Waals surface area (Å²) in [7, 11) is 0. The van der Waals surface area contributed by atoms with Gasteiger partial charge in [0.1, 0.15) is 5.78 Å². The van der Waals surface area contributed by atoms with Gasteiger partial charge in [-0.3, -0.25) is 9.59 Å². The Kier molecular flexibility index (Phi) is 3.46. The van der Waals surface area contributed by atoms with Gasteiger partial charge in [0.15, 0.2) is 0 Å². The molecule has 0 bridgehead atoms. The molecule has 1 amide bonds. The Morgan fingerprint density at radius 2 is 1.62 bits per heavy atom. The summed E-state index contributed by atoms with van der Waals surface area (Å²) in [5.74, 6) is 0.340. The molecule has 1 fully saturated rings. The number of hydrogen-bond donors (Lipinski definition) is 1. The van der Waals surface area contributed by atoms with Gasteiger partial charge in [-0.25, -0.2) is 0 Å². The number of amides is 1. The molecule has 3 nitrogen and oxygen atoms in total. The first kappa shape index (κ1) is 10.2. The van der Waals surface area contributed by atoms with Gasteiger partial charge < -0.3 is 5.73 Å². The van der Waals surface area contributed by atoms with Crippen molar-refractivity contribution in [2.75, 3.05) is 0 Å². The number of ketones is 1. The number of carbonyl (C=O) groups excluding carboxylic acids is 2. The van der Waals surface area contributed by atoms with Crippen LogP contribution in [0.1, 0.15) is 39.0 Å². The molecule has 1 aliphatic carbocycles. The molecule has 2 N–H and O–H groups in total. The number of hydrogen-bond acceptors (Lipinski definition) is 2. The van der Waals surface area contributed by atoms with Gasteiger partial charge in [0.2, 0.25) is 5.91 Å². The van der Waals surface area contributed by atoms with Crippen molar-refractivity contribution in [1.82, 2.24) is 0 Å². The van der Waals surface area contributed by atoms with Crippen molar-refractivity contribution in [2.45, 2.75) is 39.0 Å². The second kappa shape index (κ2) is 4.40.